The summed E-state index contributed by atoms with van der Waals surface area (Å²) in [7, 11) is 0. The van der Waals surface area contributed by atoms with E-state index in [2.05, 4.69) is 31.4 Å². The number of anilines is 1. The highest BCUT2D eigenvalue weighted by atomic mass is 16.1. The summed E-state index contributed by atoms with van der Waals surface area (Å²) >= 11 is 0. The third-order valence-electron chi connectivity index (χ3n) is 3.73. The summed E-state index contributed by atoms with van der Waals surface area (Å²) < 4.78 is 0. The van der Waals surface area contributed by atoms with Gasteiger partial charge in [0, 0.05) is 23.8 Å². The van der Waals surface area contributed by atoms with Crippen LogP contribution in [0.5, 0.6) is 0 Å². The molecule has 1 amide bonds. The van der Waals surface area contributed by atoms with Crippen molar-refractivity contribution in [2.24, 2.45) is 0 Å². The molecule has 1 unspecified atom stereocenters. The van der Waals surface area contributed by atoms with Crippen LogP contribution in [-0.4, -0.2) is 18.5 Å². The van der Waals surface area contributed by atoms with Crippen LogP contribution in [0.1, 0.15) is 68.8 Å². The van der Waals surface area contributed by atoms with Gasteiger partial charge >= 0.3 is 0 Å². The molecule has 3 heteroatoms. The highest BCUT2D eigenvalue weighted by Gasteiger charge is 2.09. The Morgan fingerprint density at radius 1 is 1.19 bits per heavy atom. The van der Waals surface area contributed by atoms with Crippen molar-refractivity contribution < 1.29 is 4.79 Å². The number of carbonyl (C=O) groups is 1. The number of aryl methyl sites for hydroxylation is 1. The zero-order valence-electron chi connectivity index (χ0n) is 14.0. The zero-order valence-corrected chi connectivity index (χ0v) is 14.0. The SMILES string of the molecule is CCCCCCC(C)Nc1cc(C(=O)NCC)ccc1C. The van der Waals surface area contributed by atoms with Crippen molar-refractivity contribution in [3.63, 3.8) is 0 Å². The lowest BCUT2D eigenvalue weighted by molar-refractivity contribution is 0.0956. The van der Waals surface area contributed by atoms with Crippen molar-refractivity contribution in [2.75, 3.05) is 11.9 Å². The molecule has 2 N–H and O–H groups in total. The minimum absolute atomic E-state index is 0.00357. The maximum Gasteiger partial charge on any atom is 0.251 e. The van der Waals surface area contributed by atoms with E-state index in [0.29, 0.717) is 12.6 Å². The molecular weight excluding hydrogens is 260 g/mol. The van der Waals surface area contributed by atoms with Crippen LogP contribution >= 0.6 is 0 Å². The molecule has 118 valence electrons. The number of amides is 1. The van der Waals surface area contributed by atoms with Gasteiger partial charge < -0.3 is 10.6 Å². The van der Waals surface area contributed by atoms with Gasteiger partial charge in [-0.1, -0.05) is 38.7 Å². The van der Waals surface area contributed by atoms with E-state index in [9.17, 15) is 4.79 Å². The first kappa shape index (κ1) is 17.5. The molecule has 0 saturated heterocycles. The van der Waals surface area contributed by atoms with Gasteiger partial charge in [0.05, 0.1) is 0 Å². The second-order valence-electron chi connectivity index (χ2n) is 5.78. The van der Waals surface area contributed by atoms with Crippen molar-refractivity contribution in [3.05, 3.63) is 29.3 Å². The van der Waals surface area contributed by atoms with Crippen LogP contribution in [0.25, 0.3) is 0 Å². The quantitative estimate of drug-likeness (QED) is 0.657. The van der Waals surface area contributed by atoms with Crippen LogP contribution in [0.3, 0.4) is 0 Å². The average molecular weight is 290 g/mol. The molecule has 0 aliphatic carbocycles. The molecule has 1 rings (SSSR count). The van der Waals surface area contributed by atoms with Crippen LogP contribution in [0, 0.1) is 6.92 Å². The van der Waals surface area contributed by atoms with E-state index in [1.54, 1.807) is 0 Å². The van der Waals surface area contributed by atoms with E-state index in [1.165, 1.54) is 37.7 Å². The van der Waals surface area contributed by atoms with Gasteiger partial charge in [0.2, 0.25) is 0 Å². The number of hydrogen-bond acceptors (Lipinski definition) is 2. The van der Waals surface area contributed by atoms with E-state index >= 15 is 0 Å². The third kappa shape index (κ3) is 6.19. The largest absolute Gasteiger partial charge is 0.382 e. The fourth-order valence-corrected chi connectivity index (χ4v) is 2.40. The Morgan fingerprint density at radius 3 is 2.62 bits per heavy atom. The molecule has 1 aromatic carbocycles. The normalized spacial score (nSPS) is 12.0. The van der Waals surface area contributed by atoms with Gasteiger partial charge in [-0.2, -0.15) is 0 Å². The molecule has 0 fully saturated rings. The number of nitrogens with one attached hydrogen (secondary N) is 2. The monoisotopic (exact) mass is 290 g/mol. The molecule has 0 aromatic heterocycles. The van der Waals surface area contributed by atoms with Gasteiger partial charge in [-0.05, 0) is 44.9 Å². The topological polar surface area (TPSA) is 41.1 Å². The summed E-state index contributed by atoms with van der Waals surface area (Å²) in [4.78, 5) is 11.9. The number of hydrogen-bond donors (Lipinski definition) is 2. The minimum atomic E-state index is -0.00357. The first-order valence-electron chi connectivity index (χ1n) is 8.23. The van der Waals surface area contributed by atoms with Crippen LogP contribution in [-0.2, 0) is 0 Å². The highest BCUT2D eigenvalue weighted by Crippen LogP contribution is 2.19. The van der Waals surface area contributed by atoms with Crippen LogP contribution < -0.4 is 10.6 Å². The van der Waals surface area contributed by atoms with E-state index in [0.717, 1.165) is 11.3 Å². The number of carbonyl (C=O) groups excluding carboxylic acids is 1. The molecule has 1 aromatic rings. The predicted molar refractivity (Wildman–Crippen MR) is 91.0 cm³/mol. The van der Waals surface area contributed by atoms with Crippen LogP contribution in [0.15, 0.2) is 18.2 Å². The Balaban J connectivity index is 2.60. The summed E-state index contributed by atoms with van der Waals surface area (Å²) in [6, 6.07) is 6.29. The van der Waals surface area contributed by atoms with Gasteiger partial charge in [-0.3, -0.25) is 4.79 Å². The van der Waals surface area contributed by atoms with Crippen molar-refractivity contribution in [2.45, 2.75) is 65.8 Å². The van der Waals surface area contributed by atoms with Gasteiger partial charge in [0.25, 0.3) is 5.91 Å². The fraction of sp³-hybridized carbons (Fsp3) is 0.611. The maximum atomic E-state index is 11.9. The molecule has 1 atom stereocenters. The summed E-state index contributed by atoms with van der Waals surface area (Å²) in [5, 5.41) is 6.39. The summed E-state index contributed by atoms with van der Waals surface area (Å²) in [6.07, 6.45) is 6.33. The molecular formula is C18H30N2O. The first-order chi connectivity index (χ1) is 10.1. The predicted octanol–water partition coefficient (Wildman–Crippen LogP) is 4.52. The molecule has 0 saturated carbocycles. The average Bonchev–Trinajstić information content (AvgIpc) is 2.46. The molecule has 21 heavy (non-hydrogen) atoms. The first-order valence-corrected chi connectivity index (χ1v) is 8.23. The molecule has 0 bridgehead atoms. The maximum absolute atomic E-state index is 11.9. The Kier molecular flexibility index (Phi) is 7.88. The molecule has 0 radical (unpaired) electrons. The van der Waals surface area contributed by atoms with E-state index < -0.39 is 0 Å². The van der Waals surface area contributed by atoms with Gasteiger partial charge in [-0.25, -0.2) is 0 Å². The smallest absolute Gasteiger partial charge is 0.251 e. The van der Waals surface area contributed by atoms with Gasteiger partial charge in [0.15, 0.2) is 0 Å². The standard InChI is InChI=1S/C18H30N2O/c1-5-7-8-9-10-15(4)20-17-13-16(12-11-14(17)3)18(21)19-6-2/h11-13,15,20H,5-10H2,1-4H3,(H,19,21). The molecule has 0 heterocycles. The highest BCUT2D eigenvalue weighted by molar-refractivity contribution is 5.95. The molecule has 3 nitrogen and oxygen atoms in total. The van der Waals surface area contributed by atoms with E-state index in [4.69, 9.17) is 0 Å². The van der Waals surface area contributed by atoms with Crippen molar-refractivity contribution in [1.82, 2.24) is 5.32 Å². The fourth-order valence-electron chi connectivity index (χ4n) is 2.40. The Morgan fingerprint density at radius 2 is 1.95 bits per heavy atom. The van der Waals surface area contributed by atoms with Crippen LogP contribution in [0.2, 0.25) is 0 Å². The molecule has 0 aliphatic heterocycles. The second kappa shape index (κ2) is 9.43. The number of benzene rings is 1. The Bertz CT molecular complexity index is 443. The van der Waals surface area contributed by atoms with Crippen molar-refractivity contribution in [1.29, 1.82) is 0 Å². The van der Waals surface area contributed by atoms with Crippen molar-refractivity contribution >= 4 is 11.6 Å². The lowest BCUT2D eigenvalue weighted by Crippen LogP contribution is -2.23. The molecule has 0 aliphatic rings. The van der Waals surface area contributed by atoms with E-state index in [-0.39, 0.29) is 5.91 Å². The molecule has 0 spiro atoms. The van der Waals surface area contributed by atoms with E-state index in [1.807, 2.05) is 25.1 Å². The minimum Gasteiger partial charge on any atom is -0.382 e. The number of rotatable bonds is 9. The summed E-state index contributed by atoms with van der Waals surface area (Å²) in [5.74, 6) is -0.00357. The third-order valence-corrected chi connectivity index (χ3v) is 3.73. The lowest BCUT2D eigenvalue weighted by atomic mass is 10.1. The second-order valence-corrected chi connectivity index (χ2v) is 5.78. The van der Waals surface area contributed by atoms with Gasteiger partial charge in [-0.15, -0.1) is 0 Å². The Hall–Kier alpha value is -1.51. The van der Waals surface area contributed by atoms with Gasteiger partial charge in [0.1, 0.15) is 0 Å². The lowest BCUT2D eigenvalue weighted by Gasteiger charge is -2.18. The summed E-state index contributed by atoms with van der Waals surface area (Å²) in [5.41, 5.74) is 2.98. The van der Waals surface area contributed by atoms with Crippen LogP contribution in [0.4, 0.5) is 5.69 Å². The Labute approximate surface area is 129 Å². The zero-order chi connectivity index (χ0) is 15.7. The summed E-state index contributed by atoms with van der Waals surface area (Å²) in [6.45, 7) is 9.11. The number of unbranched alkanes of at least 4 members (excludes halogenated alkanes) is 3. The van der Waals surface area contributed by atoms with Crippen molar-refractivity contribution in [3.8, 4) is 0 Å².